The van der Waals surface area contributed by atoms with E-state index in [9.17, 15) is 20.5 Å². The standard InChI is InChI=1S/C11H22N6O4S/c1-10(2,3)13-15(18)9(8(22-7)12-17(20)21)16(19)14-11(4,5)6/h9H,1-7H3. The molecule has 0 amide bonds. The molecule has 0 fully saturated rings. The van der Waals surface area contributed by atoms with E-state index in [1.807, 2.05) is 0 Å². The van der Waals surface area contributed by atoms with E-state index in [1.165, 1.54) is 6.26 Å². The van der Waals surface area contributed by atoms with Gasteiger partial charge in [-0.1, -0.05) is 11.8 Å². The van der Waals surface area contributed by atoms with E-state index in [2.05, 4.69) is 15.3 Å². The Bertz CT molecular complexity index is 474. The van der Waals surface area contributed by atoms with E-state index >= 15 is 0 Å². The summed E-state index contributed by atoms with van der Waals surface area (Å²) in [5.74, 6) is 0. The minimum Gasteiger partial charge on any atom is -0.594 e. The van der Waals surface area contributed by atoms with Gasteiger partial charge in [-0.2, -0.15) is 0 Å². The maximum atomic E-state index is 12.2. The maximum Gasteiger partial charge on any atom is 0.464 e. The van der Waals surface area contributed by atoms with Gasteiger partial charge >= 0.3 is 6.17 Å². The van der Waals surface area contributed by atoms with E-state index < -0.39 is 22.3 Å². The largest absolute Gasteiger partial charge is 0.594 e. The van der Waals surface area contributed by atoms with Crippen LogP contribution in [0.1, 0.15) is 41.5 Å². The molecule has 0 aliphatic heterocycles. The fraction of sp³-hybridized carbons (Fsp3) is 0.909. The van der Waals surface area contributed by atoms with Gasteiger partial charge < -0.3 is 10.4 Å². The molecule has 0 saturated carbocycles. The molecule has 0 saturated heterocycles. The average Bonchev–Trinajstić information content (AvgIpc) is 2.21. The Kier molecular flexibility index (Phi) is 6.87. The van der Waals surface area contributed by atoms with Gasteiger partial charge in [0.15, 0.2) is 5.03 Å². The quantitative estimate of drug-likeness (QED) is 0.148. The lowest BCUT2D eigenvalue weighted by Gasteiger charge is -2.16. The number of hydrogen-bond donors (Lipinski definition) is 0. The minimum absolute atomic E-state index is 0.112. The highest BCUT2D eigenvalue weighted by Crippen LogP contribution is 2.16. The van der Waals surface area contributed by atoms with E-state index in [1.54, 1.807) is 41.5 Å². The zero-order chi connectivity index (χ0) is 17.7. The Morgan fingerprint density at radius 2 is 1.32 bits per heavy atom. The van der Waals surface area contributed by atoms with Gasteiger partial charge in [0.25, 0.3) is 5.04 Å². The first kappa shape index (κ1) is 20.2. The number of rotatable bonds is 4. The zero-order valence-corrected chi connectivity index (χ0v) is 14.6. The molecule has 0 radical (unpaired) electrons. The summed E-state index contributed by atoms with van der Waals surface area (Å²) in [5, 5.41) is 44.4. The van der Waals surface area contributed by atoms with Crippen LogP contribution in [0.5, 0.6) is 0 Å². The van der Waals surface area contributed by atoms with Gasteiger partial charge in [-0.3, -0.25) is 0 Å². The average molecular weight is 334 g/mol. The number of azo groups is 2. The van der Waals surface area contributed by atoms with Crippen molar-refractivity contribution in [3.05, 3.63) is 20.5 Å². The lowest BCUT2D eigenvalue weighted by Crippen LogP contribution is -2.39. The molecule has 22 heavy (non-hydrogen) atoms. The van der Waals surface area contributed by atoms with Gasteiger partial charge in [-0.15, -0.1) is 0 Å². The van der Waals surface area contributed by atoms with Gasteiger partial charge in [-0.25, -0.2) is 10.1 Å². The molecule has 11 heteroatoms. The first-order chi connectivity index (χ1) is 9.76. The van der Waals surface area contributed by atoms with Crippen molar-refractivity contribution in [3.63, 3.8) is 0 Å². The zero-order valence-electron chi connectivity index (χ0n) is 13.8. The van der Waals surface area contributed by atoms with E-state index in [4.69, 9.17) is 0 Å². The molecule has 0 N–H and O–H groups in total. The topological polar surface area (TPSA) is 132 Å². The van der Waals surface area contributed by atoms with E-state index in [0.717, 1.165) is 11.8 Å². The van der Waals surface area contributed by atoms with Crippen molar-refractivity contribution < 1.29 is 14.8 Å². The summed E-state index contributed by atoms with van der Waals surface area (Å²) in [4.78, 5) is 10.8. The SMILES string of the molecule is CSC(=N[N+](=O)[O-])C([N+]([O-])=NC(C)(C)C)[N+]([O-])=NC(C)(C)C. The van der Waals surface area contributed by atoms with Crippen molar-refractivity contribution in [1.29, 1.82) is 0 Å². The highest BCUT2D eigenvalue weighted by Gasteiger charge is 2.40. The highest BCUT2D eigenvalue weighted by molar-refractivity contribution is 8.13. The third-order valence-corrected chi connectivity index (χ3v) is 2.54. The second-order valence-corrected chi connectivity index (χ2v) is 7.23. The number of nitrogens with zero attached hydrogens (tertiary/aromatic N) is 6. The molecular formula is C11H22N6O4S. The third-order valence-electron chi connectivity index (χ3n) is 1.83. The Morgan fingerprint density at radius 3 is 1.55 bits per heavy atom. The number of hydrazone groups is 1. The Morgan fingerprint density at radius 1 is 0.955 bits per heavy atom. The van der Waals surface area contributed by atoms with E-state index in [0.29, 0.717) is 0 Å². The Hall–Kier alpha value is -1.78. The van der Waals surface area contributed by atoms with Crippen molar-refractivity contribution >= 4 is 16.8 Å². The molecule has 126 valence electrons. The monoisotopic (exact) mass is 334 g/mol. The van der Waals surface area contributed by atoms with Gasteiger partial charge in [0.1, 0.15) is 11.1 Å². The Balaban J connectivity index is 6.06. The lowest BCUT2D eigenvalue weighted by molar-refractivity contribution is -0.764. The maximum absolute atomic E-state index is 12.2. The van der Waals surface area contributed by atoms with Crippen LogP contribution >= 0.6 is 11.8 Å². The summed E-state index contributed by atoms with van der Waals surface area (Å²) in [5.41, 5.74) is -1.53. The van der Waals surface area contributed by atoms with Crippen LogP contribution in [-0.4, -0.2) is 43.3 Å². The van der Waals surface area contributed by atoms with Crippen molar-refractivity contribution in [2.24, 2.45) is 15.3 Å². The summed E-state index contributed by atoms with van der Waals surface area (Å²) in [6, 6.07) is 0. The smallest absolute Gasteiger partial charge is 0.464 e. The first-order valence-corrected chi connectivity index (χ1v) is 7.64. The molecular weight excluding hydrogens is 312 g/mol. The van der Waals surface area contributed by atoms with Crippen LogP contribution in [0.3, 0.4) is 0 Å². The number of hydrogen-bond acceptors (Lipinski definition) is 7. The molecule has 0 heterocycles. The number of nitro groups is 1. The van der Waals surface area contributed by atoms with Gasteiger partial charge in [0, 0.05) is 0 Å². The second kappa shape index (κ2) is 7.47. The van der Waals surface area contributed by atoms with Crippen molar-refractivity contribution in [2.75, 3.05) is 6.26 Å². The highest BCUT2D eigenvalue weighted by atomic mass is 32.2. The number of thioether (sulfide) groups is 1. The Labute approximate surface area is 133 Å². The van der Waals surface area contributed by atoms with Crippen molar-refractivity contribution in [1.82, 2.24) is 0 Å². The summed E-state index contributed by atoms with van der Waals surface area (Å²) in [6.07, 6.45) is -0.163. The molecule has 0 spiro atoms. The molecule has 0 aromatic rings. The normalized spacial score (nSPS) is 16.6. The molecule has 0 aromatic carbocycles. The summed E-state index contributed by atoms with van der Waals surface area (Å²) in [6.45, 7) is 9.97. The minimum atomic E-state index is -1.64. The van der Waals surface area contributed by atoms with E-state index in [-0.39, 0.29) is 14.8 Å². The molecule has 0 aliphatic rings. The van der Waals surface area contributed by atoms with Crippen LogP contribution in [-0.2, 0) is 0 Å². The predicted molar refractivity (Wildman–Crippen MR) is 83.3 cm³/mol. The van der Waals surface area contributed by atoms with Crippen LogP contribution < -0.4 is 0 Å². The predicted octanol–water partition coefficient (Wildman–Crippen LogP) is 2.79. The molecule has 0 rings (SSSR count). The molecule has 0 bridgehead atoms. The summed E-state index contributed by atoms with van der Waals surface area (Å²) in [7, 11) is 0. The van der Waals surface area contributed by atoms with Crippen LogP contribution in [0.25, 0.3) is 0 Å². The number of hydroxylamine groups is 2. The molecule has 0 aliphatic carbocycles. The fourth-order valence-corrected chi connectivity index (χ4v) is 1.79. The fourth-order valence-electron chi connectivity index (χ4n) is 1.25. The second-order valence-electron chi connectivity index (χ2n) is 6.40. The van der Waals surface area contributed by atoms with Crippen LogP contribution in [0, 0.1) is 20.5 Å². The van der Waals surface area contributed by atoms with Crippen LogP contribution in [0.15, 0.2) is 15.3 Å². The third kappa shape index (κ3) is 7.86. The lowest BCUT2D eigenvalue weighted by atomic mass is 10.1. The van der Waals surface area contributed by atoms with Crippen molar-refractivity contribution in [2.45, 2.75) is 58.8 Å². The molecule has 0 aromatic heterocycles. The van der Waals surface area contributed by atoms with Crippen LogP contribution in [0.4, 0.5) is 0 Å². The summed E-state index contributed by atoms with van der Waals surface area (Å²) >= 11 is 0.820. The molecule has 0 unspecified atom stereocenters. The van der Waals surface area contributed by atoms with Gasteiger partial charge in [0.2, 0.25) is 0 Å². The van der Waals surface area contributed by atoms with Crippen LogP contribution in [0.2, 0.25) is 0 Å². The van der Waals surface area contributed by atoms with Crippen molar-refractivity contribution in [3.8, 4) is 0 Å². The first-order valence-electron chi connectivity index (χ1n) is 6.42. The van der Waals surface area contributed by atoms with Gasteiger partial charge in [0.05, 0.1) is 5.10 Å². The van der Waals surface area contributed by atoms with Gasteiger partial charge in [-0.05, 0) is 67.7 Å². The molecule has 10 nitrogen and oxygen atoms in total. The molecule has 0 atom stereocenters. The summed E-state index contributed by atoms with van der Waals surface area (Å²) < 4.78 is 0.